The normalized spacial score (nSPS) is 14.0. The van der Waals surface area contributed by atoms with E-state index in [4.69, 9.17) is 20.9 Å². The first-order valence-electron chi connectivity index (χ1n) is 8.95. The van der Waals surface area contributed by atoms with Crippen LogP contribution in [-0.2, 0) is 0 Å². The van der Waals surface area contributed by atoms with Crippen molar-refractivity contribution in [3.63, 3.8) is 0 Å². The van der Waals surface area contributed by atoms with Crippen LogP contribution in [0.2, 0.25) is 0 Å². The van der Waals surface area contributed by atoms with E-state index in [2.05, 4.69) is 32.9 Å². The van der Waals surface area contributed by atoms with Gasteiger partial charge in [-0.15, -0.1) is 0 Å². The van der Waals surface area contributed by atoms with Crippen LogP contribution in [0.4, 0.5) is 5.69 Å². The molecule has 0 aliphatic carbocycles. The molecule has 4 heteroatoms. The van der Waals surface area contributed by atoms with Crippen LogP contribution in [0, 0.1) is 6.92 Å². The molecule has 0 bridgehead atoms. The molecule has 0 fully saturated rings. The number of nitrogen functional groups attached to an aromatic ring is 1. The van der Waals surface area contributed by atoms with E-state index in [-0.39, 0.29) is 12.0 Å². The van der Waals surface area contributed by atoms with Crippen molar-refractivity contribution in [1.29, 1.82) is 0 Å². The number of hydrogen-bond donors (Lipinski definition) is 2. The third kappa shape index (κ3) is 4.38. The summed E-state index contributed by atoms with van der Waals surface area (Å²) >= 11 is 0. The van der Waals surface area contributed by atoms with E-state index in [1.54, 1.807) is 14.2 Å². The quantitative estimate of drug-likeness (QED) is 0.717. The van der Waals surface area contributed by atoms with E-state index in [9.17, 15) is 0 Å². The molecule has 2 rings (SSSR count). The SMILES string of the molecule is CC/C(=C\C(N)C(C)c1ccc(OC)c(OC)c1)c1cc(C)ccc1N. The Labute approximate surface area is 156 Å². The van der Waals surface area contributed by atoms with Gasteiger partial charge >= 0.3 is 0 Å². The maximum Gasteiger partial charge on any atom is 0.160 e. The van der Waals surface area contributed by atoms with Crippen LogP contribution < -0.4 is 20.9 Å². The first-order chi connectivity index (χ1) is 12.4. The largest absolute Gasteiger partial charge is 0.493 e. The summed E-state index contributed by atoms with van der Waals surface area (Å²) in [5.41, 5.74) is 18.0. The first kappa shape index (κ1) is 19.9. The Bertz CT molecular complexity index is 784. The van der Waals surface area contributed by atoms with Crippen LogP contribution in [0.25, 0.3) is 5.57 Å². The molecule has 0 aliphatic rings. The monoisotopic (exact) mass is 354 g/mol. The van der Waals surface area contributed by atoms with Crippen molar-refractivity contribution >= 4 is 11.3 Å². The van der Waals surface area contributed by atoms with Crippen LogP contribution >= 0.6 is 0 Å². The summed E-state index contributed by atoms with van der Waals surface area (Å²) < 4.78 is 10.7. The number of rotatable bonds is 7. The molecule has 2 aromatic carbocycles. The molecule has 2 aromatic rings. The highest BCUT2D eigenvalue weighted by Crippen LogP contribution is 2.33. The van der Waals surface area contributed by atoms with Gasteiger partial charge in [0.15, 0.2) is 11.5 Å². The lowest BCUT2D eigenvalue weighted by atomic mass is 9.90. The van der Waals surface area contributed by atoms with Crippen molar-refractivity contribution in [3.8, 4) is 11.5 Å². The van der Waals surface area contributed by atoms with Gasteiger partial charge in [-0.3, -0.25) is 0 Å². The smallest absolute Gasteiger partial charge is 0.160 e. The number of ether oxygens (including phenoxy) is 2. The minimum Gasteiger partial charge on any atom is -0.493 e. The Kier molecular flexibility index (Phi) is 6.70. The molecule has 0 radical (unpaired) electrons. The third-order valence-corrected chi connectivity index (χ3v) is 4.84. The van der Waals surface area contributed by atoms with Crippen molar-refractivity contribution in [2.75, 3.05) is 20.0 Å². The lowest BCUT2D eigenvalue weighted by molar-refractivity contribution is 0.354. The Hall–Kier alpha value is -2.46. The number of allylic oxidation sites excluding steroid dienone is 1. The van der Waals surface area contributed by atoms with Crippen LogP contribution in [0.5, 0.6) is 11.5 Å². The van der Waals surface area contributed by atoms with Gasteiger partial charge < -0.3 is 20.9 Å². The van der Waals surface area contributed by atoms with Crippen LogP contribution in [-0.4, -0.2) is 20.3 Å². The molecule has 0 heterocycles. The summed E-state index contributed by atoms with van der Waals surface area (Å²) in [5, 5.41) is 0. The summed E-state index contributed by atoms with van der Waals surface area (Å²) in [7, 11) is 3.27. The summed E-state index contributed by atoms with van der Waals surface area (Å²) in [6.07, 6.45) is 3.01. The molecule has 2 unspecified atom stereocenters. The second-order valence-electron chi connectivity index (χ2n) is 6.62. The predicted molar refractivity (Wildman–Crippen MR) is 110 cm³/mol. The number of aryl methyl sites for hydroxylation is 1. The Morgan fingerprint density at radius 2 is 1.77 bits per heavy atom. The molecule has 4 nitrogen and oxygen atoms in total. The van der Waals surface area contributed by atoms with Gasteiger partial charge in [-0.2, -0.15) is 0 Å². The zero-order valence-electron chi connectivity index (χ0n) is 16.4. The van der Waals surface area contributed by atoms with Crippen LogP contribution in [0.1, 0.15) is 42.9 Å². The molecular formula is C22H30N2O2. The second kappa shape index (κ2) is 8.77. The van der Waals surface area contributed by atoms with Crippen molar-refractivity contribution in [2.24, 2.45) is 5.73 Å². The Morgan fingerprint density at radius 1 is 1.08 bits per heavy atom. The van der Waals surface area contributed by atoms with Gasteiger partial charge in [-0.05, 0) is 54.7 Å². The Morgan fingerprint density at radius 3 is 2.38 bits per heavy atom. The molecule has 0 spiro atoms. The van der Waals surface area contributed by atoms with Crippen molar-refractivity contribution in [3.05, 3.63) is 59.2 Å². The number of anilines is 1. The van der Waals surface area contributed by atoms with Gasteiger partial charge in [-0.1, -0.05) is 37.6 Å². The average molecular weight is 354 g/mol. The summed E-state index contributed by atoms with van der Waals surface area (Å²) in [5.74, 6) is 1.56. The molecule has 0 aromatic heterocycles. The molecule has 2 atom stereocenters. The molecule has 140 valence electrons. The summed E-state index contributed by atoms with van der Waals surface area (Å²) in [6.45, 7) is 6.32. The maximum absolute atomic E-state index is 6.52. The highest BCUT2D eigenvalue weighted by atomic mass is 16.5. The predicted octanol–water partition coefficient (Wildman–Crippen LogP) is 4.52. The number of methoxy groups -OCH3 is 2. The first-order valence-corrected chi connectivity index (χ1v) is 8.95. The zero-order chi connectivity index (χ0) is 19.3. The van der Waals surface area contributed by atoms with Crippen molar-refractivity contribution < 1.29 is 9.47 Å². The van der Waals surface area contributed by atoms with Crippen LogP contribution in [0.3, 0.4) is 0 Å². The van der Waals surface area contributed by atoms with E-state index < -0.39 is 0 Å². The van der Waals surface area contributed by atoms with E-state index >= 15 is 0 Å². The third-order valence-electron chi connectivity index (χ3n) is 4.84. The van der Waals surface area contributed by atoms with Gasteiger partial charge in [-0.25, -0.2) is 0 Å². The summed E-state index contributed by atoms with van der Waals surface area (Å²) in [4.78, 5) is 0. The highest BCUT2D eigenvalue weighted by Gasteiger charge is 2.17. The maximum atomic E-state index is 6.52. The lowest BCUT2D eigenvalue weighted by Crippen LogP contribution is -2.24. The van der Waals surface area contributed by atoms with Gasteiger partial charge in [0.1, 0.15) is 0 Å². The van der Waals surface area contributed by atoms with Crippen molar-refractivity contribution in [1.82, 2.24) is 0 Å². The zero-order valence-corrected chi connectivity index (χ0v) is 16.4. The molecular weight excluding hydrogens is 324 g/mol. The molecule has 0 saturated heterocycles. The standard InChI is InChI=1S/C22H30N2O2/c1-6-16(18-11-14(2)7-9-19(18)23)12-20(24)15(3)17-8-10-21(25-4)22(13-17)26-5/h7-13,15,20H,6,23-24H2,1-5H3/b16-12+. The minimum absolute atomic E-state index is 0.127. The van der Waals surface area contributed by atoms with E-state index in [0.29, 0.717) is 11.5 Å². The lowest BCUT2D eigenvalue weighted by Gasteiger charge is -2.21. The second-order valence-corrected chi connectivity index (χ2v) is 6.62. The molecule has 0 aliphatic heterocycles. The fraction of sp³-hybridized carbons (Fsp3) is 0.364. The van der Waals surface area contributed by atoms with Crippen molar-refractivity contribution in [2.45, 2.75) is 39.2 Å². The van der Waals surface area contributed by atoms with E-state index in [1.807, 2.05) is 30.3 Å². The summed E-state index contributed by atoms with van der Waals surface area (Å²) in [6, 6.07) is 11.9. The number of nitrogens with two attached hydrogens (primary N) is 2. The van der Waals surface area contributed by atoms with Gasteiger partial charge in [0.2, 0.25) is 0 Å². The number of benzene rings is 2. The fourth-order valence-corrected chi connectivity index (χ4v) is 3.08. The molecule has 0 amide bonds. The van der Waals surface area contributed by atoms with Gasteiger partial charge in [0.25, 0.3) is 0 Å². The molecule has 0 saturated carbocycles. The highest BCUT2D eigenvalue weighted by molar-refractivity contribution is 5.76. The Balaban J connectivity index is 2.32. The topological polar surface area (TPSA) is 70.5 Å². The van der Waals surface area contributed by atoms with Gasteiger partial charge in [0, 0.05) is 17.3 Å². The minimum atomic E-state index is -0.136. The molecule has 26 heavy (non-hydrogen) atoms. The fourth-order valence-electron chi connectivity index (χ4n) is 3.08. The van der Waals surface area contributed by atoms with Gasteiger partial charge in [0.05, 0.1) is 14.2 Å². The van der Waals surface area contributed by atoms with E-state index in [0.717, 1.165) is 23.2 Å². The number of hydrogen-bond acceptors (Lipinski definition) is 4. The van der Waals surface area contributed by atoms with E-state index in [1.165, 1.54) is 11.1 Å². The van der Waals surface area contributed by atoms with Crippen LogP contribution in [0.15, 0.2) is 42.5 Å². The average Bonchev–Trinajstić information content (AvgIpc) is 2.66. The molecule has 4 N–H and O–H groups in total.